The predicted octanol–water partition coefficient (Wildman–Crippen LogP) is 4.34. The molecular weight excluding hydrogens is 341 g/mol. The molecule has 1 fully saturated rings. The van der Waals surface area contributed by atoms with E-state index in [1.165, 1.54) is 17.7 Å². The summed E-state index contributed by atoms with van der Waals surface area (Å²) < 4.78 is 14.9. The first-order valence-corrected chi connectivity index (χ1v) is 9.26. The Kier molecular flexibility index (Phi) is 4.75. The summed E-state index contributed by atoms with van der Waals surface area (Å²) in [5, 5.41) is 4.41. The highest BCUT2D eigenvalue weighted by molar-refractivity contribution is 5.94. The van der Waals surface area contributed by atoms with E-state index in [9.17, 15) is 9.18 Å². The number of aryl methyl sites for hydroxylation is 1. The third-order valence-electron chi connectivity index (χ3n) is 5.25. The van der Waals surface area contributed by atoms with Gasteiger partial charge in [0.15, 0.2) is 0 Å². The van der Waals surface area contributed by atoms with Gasteiger partial charge in [0.25, 0.3) is 5.91 Å². The molecule has 138 valence electrons. The van der Waals surface area contributed by atoms with E-state index in [2.05, 4.69) is 5.10 Å². The molecule has 27 heavy (non-hydrogen) atoms. The van der Waals surface area contributed by atoms with Gasteiger partial charge in [-0.2, -0.15) is 5.10 Å². The standard InChI is InChI=1S/C22H22FN3O/c1-16-2-4-18(5-3-16)22(27)25-12-10-17(11-13-25)19-14-24-26(15-19)21-8-6-20(23)7-9-21/h2-9,14-15,17H,10-13H2,1H3. The second-order valence-corrected chi connectivity index (χ2v) is 7.13. The van der Waals surface area contributed by atoms with Crippen LogP contribution in [0, 0.1) is 12.7 Å². The van der Waals surface area contributed by atoms with Gasteiger partial charge in [-0.3, -0.25) is 4.79 Å². The van der Waals surface area contributed by atoms with Crippen LogP contribution < -0.4 is 0 Å². The Morgan fingerprint density at radius 3 is 2.37 bits per heavy atom. The van der Waals surface area contributed by atoms with E-state index >= 15 is 0 Å². The van der Waals surface area contributed by atoms with Crippen LogP contribution in [0.5, 0.6) is 0 Å². The van der Waals surface area contributed by atoms with E-state index in [1.54, 1.807) is 16.8 Å². The minimum atomic E-state index is -0.253. The normalized spacial score (nSPS) is 15.1. The zero-order valence-corrected chi connectivity index (χ0v) is 15.3. The maximum atomic E-state index is 13.1. The number of carbonyl (C=O) groups is 1. The fourth-order valence-electron chi connectivity index (χ4n) is 3.58. The van der Waals surface area contributed by atoms with Crippen molar-refractivity contribution in [3.8, 4) is 5.69 Å². The van der Waals surface area contributed by atoms with Gasteiger partial charge in [-0.15, -0.1) is 0 Å². The summed E-state index contributed by atoms with van der Waals surface area (Å²) in [4.78, 5) is 14.6. The zero-order chi connectivity index (χ0) is 18.8. The van der Waals surface area contributed by atoms with Crippen molar-refractivity contribution in [1.82, 2.24) is 14.7 Å². The number of nitrogens with zero attached hydrogens (tertiary/aromatic N) is 3. The summed E-state index contributed by atoms with van der Waals surface area (Å²) >= 11 is 0. The first-order valence-electron chi connectivity index (χ1n) is 9.26. The molecule has 1 amide bonds. The van der Waals surface area contributed by atoms with Crippen molar-refractivity contribution in [3.05, 3.63) is 83.4 Å². The molecule has 1 aromatic heterocycles. The van der Waals surface area contributed by atoms with Crippen molar-refractivity contribution in [2.75, 3.05) is 13.1 Å². The summed E-state index contributed by atoms with van der Waals surface area (Å²) in [6.07, 6.45) is 5.74. The average Bonchev–Trinajstić information content (AvgIpc) is 3.19. The second kappa shape index (κ2) is 7.35. The van der Waals surface area contributed by atoms with Gasteiger partial charge in [-0.1, -0.05) is 17.7 Å². The van der Waals surface area contributed by atoms with Gasteiger partial charge in [0.2, 0.25) is 0 Å². The molecule has 1 aliphatic rings. The topological polar surface area (TPSA) is 38.1 Å². The molecule has 4 nitrogen and oxygen atoms in total. The summed E-state index contributed by atoms with van der Waals surface area (Å²) in [6, 6.07) is 14.1. The van der Waals surface area contributed by atoms with Gasteiger partial charge in [0.05, 0.1) is 11.9 Å². The molecule has 1 saturated heterocycles. The number of amides is 1. The quantitative estimate of drug-likeness (QED) is 0.694. The van der Waals surface area contributed by atoms with Gasteiger partial charge in [-0.25, -0.2) is 9.07 Å². The van der Waals surface area contributed by atoms with Crippen LogP contribution in [0.3, 0.4) is 0 Å². The number of piperidine rings is 1. The molecule has 0 N–H and O–H groups in total. The molecule has 4 rings (SSSR count). The smallest absolute Gasteiger partial charge is 0.253 e. The monoisotopic (exact) mass is 363 g/mol. The number of carbonyl (C=O) groups excluding carboxylic acids is 1. The molecule has 0 atom stereocenters. The number of hydrogen-bond acceptors (Lipinski definition) is 2. The van der Waals surface area contributed by atoms with Crippen LogP contribution >= 0.6 is 0 Å². The van der Waals surface area contributed by atoms with Crippen LogP contribution in [0.15, 0.2) is 60.9 Å². The number of hydrogen-bond donors (Lipinski definition) is 0. The van der Waals surface area contributed by atoms with Crippen LogP contribution in [0.4, 0.5) is 4.39 Å². The summed E-state index contributed by atoms with van der Waals surface area (Å²) in [5.74, 6) is 0.244. The van der Waals surface area contributed by atoms with E-state index in [-0.39, 0.29) is 11.7 Å². The Morgan fingerprint density at radius 1 is 1.04 bits per heavy atom. The number of rotatable bonds is 3. The lowest BCUT2D eigenvalue weighted by molar-refractivity contribution is 0.0713. The molecule has 0 radical (unpaired) electrons. The largest absolute Gasteiger partial charge is 0.339 e. The maximum absolute atomic E-state index is 13.1. The van der Waals surface area contributed by atoms with Gasteiger partial charge in [-0.05, 0) is 67.6 Å². The Morgan fingerprint density at radius 2 is 1.70 bits per heavy atom. The maximum Gasteiger partial charge on any atom is 0.253 e. The van der Waals surface area contributed by atoms with E-state index < -0.39 is 0 Å². The summed E-state index contributed by atoms with van der Waals surface area (Å²) in [6.45, 7) is 3.52. The SMILES string of the molecule is Cc1ccc(C(=O)N2CCC(c3cnn(-c4ccc(F)cc4)c3)CC2)cc1. The summed E-state index contributed by atoms with van der Waals surface area (Å²) in [7, 11) is 0. The van der Waals surface area contributed by atoms with E-state index in [1.807, 2.05) is 48.5 Å². The van der Waals surface area contributed by atoms with Gasteiger partial charge < -0.3 is 4.90 Å². The molecule has 0 bridgehead atoms. The average molecular weight is 363 g/mol. The second-order valence-electron chi connectivity index (χ2n) is 7.13. The van der Waals surface area contributed by atoms with Crippen LogP contribution in [0.25, 0.3) is 5.69 Å². The third kappa shape index (κ3) is 3.77. The minimum absolute atomic E-state index is 0.107. The first-order chi connectivity index (χ1) is 13.1. The lowest BCUT2D eigenvalue weighted by atomic mass is 9.91. The number of halogens is 1. The van der Waals surface area contributed by atoms with Crippen molar-refractivity contribution in [2.45, 2.75) is 25.7 Å². The molecule has 0 unspecified atom stereocenters. The Hall–Kier alpha value is -2.95. The van der Waals surface area contributed by atoms with Gasteiger partial charge in [0.1, 0.15) is 5.82 Å². The number of likely N-dealkylation sites (tertiary alicyclic amines) is 1. The van der Waals surface area contributed by atoms with Crippen LogP contribution in [0.1, 0.15) is 40.2 Å². The molecule has 1 aliphatic heterocycles. The summed E-state index contributed by atoms with van der Waals surface area (Å²) in [5.41, 5.74) is 3.92. The molecule has 0 aliphatic carbocycles. The highest BCUT2D eigenvalue weighted by Crippen LogP contribution is 2.29. The van der Waals surface area contributed by atoms with E-state index in [4.69, 9.17) is 0 Å². The van der Waals surface area contributed by atoms with Crippen LogP contribution in [0.2, 0.25) is 0 Å². The molecule has 3 aromatic rings. The molecule has 0 spiro atoms. The van der Waals surface area contributed by atoms with Crippen molar-refractivity contribution < 1.29 is 9.18 Å². The molecular formula is C22H22FN3O. The van der Waals surface area contributed by atoms with Crippen molar-refractivity contribution in [1.29, 1.82) is 0 Å². The fraction of sp³-hybridized carbons (Fsp3) is 0.273. The van der Waals surface area contributed by atoms with Crippen LogP contribution in [-0.2, 0) is 0 Å². The Bertz CT molecular complexity index is 923. The minimum Gasteiger partial charge on any atom is -0.339 e. The highest BCUT2D eigenvalue weighted by Gasteiger charge is 2.25. The molecule has 0 saturated carbocycles. The lowest BCUT2D eigenvalue weighted by Gasteiger charge is -2.31. The van der Waals surface area contributed by atoms with Crippen LogP contribution in [-0.4, -0.2) is 33.7 Å². The Labute approximate surface area is 158 Å². The lowest BCUT2D eigenvalue weighted by Crippen LogP contribution is -2.37. The zero-order valence-electron chi connectivity index (χ0n) is 15.3. The predicted molar refractivity (Wildman–Crippen MR) is 103 cm³/mol. The number of aromatic nitrogens is 2. The van der Waals surface area contributed by atoms with Crippen molar-refractivity contribution >= 4 is 5.91 Å². The van der Waals surface area contributed by atoms with Gasteiger partial charge >= 0.3 is 0 Å². The molecule has 2 aromatic carbocycles. The Balaban J connectivity index is 1.40. The van der Waals surface area contributed by atoms with E-state index in [0.29, 0.717) is 5.92 Å². The van der Waals surface area contributed by atoms with E-state index in [0.717, 1.165) is 42.7 Å². The fourth-order valence-corrected chi connectivity index (χ4v) is 3.58. The molecule has 2 heterocycles. The van der Waals surface area contributed by atoms with Gasteiger partial charge in [0, 0.05) is 24.8 Å². The van der Waals surface area contributed by atoms with Crippen molar-refractivity contribution in [3.63, 3.8) is 0 Å². The first kappa shape index (κ1) is 17.5. The molecule has 5 heteroatoms. The third-order valence-corrected chi connectivity index (χ3v) is 5.25. The number of benzene rings is 2. The van der Waals surface area contributed by atoms with Crippen molar-refractivity contribution in [2.24, 2.45) is 0 Å². The highest BCUT2D eigenvalue weighted by atomic mass is 19.1.